The van der Waals surface area contributed by atoms with Crippen LogP contribution < -0.4 is 11.1 Å². The number of hydrogen-bond donors (Lipinski definition) is 2. The van der Waals surface area contributed by atoms with Crippen LogP contribution in [0.4, 0.5) is 0 Å². The smallest absolute Gasteiger partial charge is 0.0475 e. The number of rotatable bonds is 3. The molecule has 3 unspecified atom stereocenters. The van der Waals surface area contributed by atoms with E-state index in [1.165, 1.54) is 51.6 Å². The Morgan fingerprint density at radius 2 is 2.06 bits per heavy atom. The number of fused-ring (bicyclic) bond motifs is 1. The van der Waals surface area contributed by atoms with E-state index in [1.54, 1.807) is 0 Å². The quantitative estimate of drug-likeness (QED) is 0.802. The van der Waals surface area contributed by atoms with E-state index in [-0.39, 0.29) is 5.54 Å². The van der Waals surface area contributed by atoms with Crippen LogP contribution in [0.3, 0.4) is 0 Å². The Kier molecular flexibility index (Phi) is 3.20. The van der Waals surface area contributed by atoms with Gasteiger partial charge in [-0.25, -0.2) is 0 Å². The molecule has 3 nitrogen and oxygen atoms in total. The zero-order valence-corrected chi connectivity index (χ0v) is 12.0. The van der Waals surface area contributed by atoms with E-state index in [1.807, 2.05) is 0 Å². The van der Waals surface area contributed by atoms with E-state index >= 15 is 0 Å². The predicted molar refractivity (Wildman–Crippen MR) is 75.6 cm³/mol. The van der Waals surface area contributed by atoms with Crippen molar-refractivity contribution in [2.75, 3.05) is 19.6 Å². The maximum absolute atomic E-state index is 6.18. The lowest BCUT2D eigenvalue weighted by Gasteiger charge is -2.38. The zero-order chi connectivity index (χ0) is 12.8. The van der Waals surface area contributed by atoms with Crippen molar-refractivity contribution in [1.29, 1.82) is 0 Å². The minimum atomic E-state index is 0.224. The molecule has 0 amide bonds. The normalized spacial score (nSPS) is 43.5. The first kappa shape index (κ1) is 12.9. The molecule has 0 spiro atoms. The third-order valence-corrected chi connectivity index (χ3v) is 5.67. The van der Waals surface area contributed by atoms with Crippen LogP contribution in [0, 0.1) is 5.41 Å². The predicted octanol–water partition coefficient (Wildman–Crippen LogP) is 1.72. The van der Waals surface area contributed by atoms with Gasteiger partial charge >= 0.3 is 0 Å². The summed E-state index contributed by atoms with van der Waals surface area (Å²) in [6.45, 7) is 8.17. The van der Waals surface area contributed by atoms with Gasteiger partial charge in [-0.05, 0) is 50.5 Å². The van der Waals surface area contributed by atoms with Gasteiger partial charge in [-0.2, -0.15) is 0 Å². The summed E-state index contributed by atoms with van der Waals surface area (Å²) in [4.78, 5) is 2.67. The van der Waals surface area contributed by atoms with Crippen LogP contribution in [0.1, 0.15) is 52.4 Å². The first-order chi connectivity index (χ1) is 8.55. The third kappa shape index (κ3) is 2.10. The second kappa shape index (κ2) is 4.46. The first-order valence-electron chi connectivity index (χ1n) is 7.77. The Balaban J connectivity index is 1.69. The molecule has 3 aliphatic rings. The Hall–Kier alpha value is -0.120. The third-order valence-electron chi connectivity index (χ3n) is 5.67. The van der Waals surface area contributed by atoms with Crippen LogP contribution in [0.5, 0.6) is 0 Å². The maximum Gasteiger partial charge on any atom is 0.0475 e. The molecule has 2 saturated heterocycles. The molecule has 3 rings (SSSR count). The Bertz CT molecular complexity index is 315. The summed E-state index contributed by atoms with van der Waals surface area (Å²) in [5, 5.41) is 4.00. The fourth-order valence-corrected chi connectivity index (χ4v) is 4.66. The average molecular weight is 251 g/mol. The molecule has 1 saturated carbocycles. The van der Waals surface area contributed by atoms with Crippen molar-refractivity contribution in [1.82, 2.24) is 10.2 Å². The van der Waals surface area contributed by atoms with Crippen molar-refractivity contribution in [3.63, 3.8) is 0 Å². The zero-order valence-electron chi connectivity index (χ0n) is 12.0. The molecular weight excluding hydrogens is 222 g/mol. The fraction of sp³-hybridized carbons (Fsp3) is 1.00. The van der Waals surface area contributed by atoms with Crippen molar-refractivity contribution in [3.8, 4) is 0 Å². The summed E-state index contributed by atoms with van der Waals surface area (Å²) in [6.07, 6.45) is 7.98. The number of nitrogens with zero attached hydrogens (tertiary/aromatic N) is 1. The van der Waals surface area contributed by atoms with Crippen LogP contribution in [0.25, 0.3) is 0 Å². The lowest BCUT2D eigenvalue weighted by molar-refractivity contribution is 0.206. The van der Waals surface area contributed by atoms with Crippen molar-refractivity contribution >= 4 is 0 Å². The summed E-state index contributed by atoms with van der Waals surface area (Å²) < 4.78 is 0. The summed E-state index contributed by atoms with van der Waals surface area (Å²) in [6, 6.07) is 1.41. The number of hydrogen-bond acceptors (Lipinski definition) is 3. The van der Waals surface area contributed by atoms with E-state index in [0.29, 0.717) is 17.5 Å². The molecule has 2 aliphatic heterocycles. The van der Waals surface area contributed by atoms with Gasteiger partial charge in [0.15, 0.2) is 0 Å². The molecular formula is C15H29N3. The fourth-order valence-electron chi connectivity index (χ4n) is 4.66. The van der Waals surface area contributed by atoms with Gasteiger partial charge in [0.25, 0.3) is 0 Å². The van der Waals surface area contributed by atoms with E-state index in [0.717, 1.165) is 6.54 Å². The van der Waals surface area contributed by atoms with Crippen molar-refractivity contribution in [2.45, 2.75) is 70.0 Å². The van der Waals surface area contributed by atoms with E-state index in [4.69, 9.17) is 5.73 Å². The molecule has 3 atom stereocenters. The second-order valence-electron chi connectivity index (χ2n) is 7.55. The summed E-state index contributed by atoms with van der Waals surface area (Å²) in [5.74, 6) is 0. The summed E-state index contributed by atoms with van der Waals surface area (Å²) in [5.41, 5.74) is 6.93. The lowest BCUT2D eigenvalue weighted by atomic mass is 9.86. The highest BCUT2D eigenvalue weighted by molar-refractivity contribution is 5.10. The highest BCUT2D eigenvalue weighted by atomic mass is 15.3. The van der Waals surface area contributed by atoms with Crippen LogP contribution in [-0.2, 0) is 0 Å². The van der Waals surface area contributed by atoms with Gasteiger partial charge in [-0.15, -0.1) is 0 Å². The molecule has 2 heterocycles. The van der Waals surface area contributed by atoms with Crippen molar-refractivity contribution in [2.24, 2.45) is 11.1 Å². The average Bonchev–Trinajstić information content (AvgIpc) is 2.97. The van der Waals surface area contributed by atoms with E-state index < -0.39 is 0 Å². The molecule has 3 fully saturated rings. The molecule has 3 heteroatoms. The molecule has 0 aromatic carbocycles. The van der Waals surface area contributed by atoms with Gasteiger partial charge in [-0.3, -0.25) is 4.90 Å². The Morgan fingerprint density at radius 3 is 2.72 bits per heavy atom. The number of nitrogens with one attached hydrogen (secondary N) is 1. The summed E-state index contributed by atoms with van der Waals surface area (Å²) >= 11 is 0. The van der Waals surface area contributed by atoms with Gasteiger partial charge in [-0.1, -0.05) is 13.8 Å². The molecule has 1 aliphatic carbocycles. The van der Waals surface area contributed by atoms with Crippen LogP contribution >= 0.6 is 0 Å². The lowest BCUT2D eigenvalue weighted by Crippen LogP contribution is -2.60. The largest absolute Gasteiger partial charge is 0.329 e. The van der Waals surface area contributed by atoms with Crippen molar-refractivity contribution in [3.05, 3.63) is 0 Å². The Labute approximate surface area is 111 Å². The van der Waals surface area contributed by atoms with Crippen molar-refractivity contribution < 1.29 is 0 Å². The number of nitrogens with two attached hydrogens (primary N) is 1. The van der Waals surface area contributed by atoms with E-state index in [9.17, 15) is 0 Å². The van der Waals surface area contributed by atoms with Gasteiger partial charge in [0.05, 0.1) is 0 Å². The standard InChI is InChI=1S/C15H29N3/c1-14(2)6-5-12(10-14)17-15(11-16)7-9-18-8-3-4-13(15)18/h12-13,17H,3-11,16H2,1-2H3. The van der Waals surface area contributed by atoms with Crippen LogP contribution in [-0.4, -0.2) is 42.2 Å². The minimum Gasteiger partial charge on any atom is -0.329 e. The summed E-state index contributed by atoms with van der Waals surface area (Å²) in [7, 11) is 0. The highest BCUT2D eigenvalue weighted by Gasteiger charge is 2.49. The first-order valence-corrected chi connectivity index (χ1v) is 7.77. The van der Waals surface area contributed by atoms with Gasteiger partial charge in [0.1, 0.15) is 0 Å². The second-order valence-corrected chi connectivity index (χ2v) is 7.55. The molecule has 0 bridgehead atoms. The van der Waals surface area contributed by atoms with Gasteiger partial charge in [0.2, 0.25) is 0 Å². The van der Waals surface area contributed by atoms with Crippen LogP contribution in [0.15, 0.2) is 0 Å². The topological polar surface area (TPSA) is 41.3 Å². The minimum absolute atomic E-state index is 0.224. The van der Waals surface area contributed by atoms with Gasteiger partial charge in [0, 0.05) is 30.7 Å². The Morgan fingerprint density at radius 1 is 1.22 bits per heavy atom. The highest BCUT2D eigenvalue weighted by Crippen LogP contribution is 2.41. The molecule has 0 aromatic rings. The van der Waals surface area contributed by atoms with Gasteiger partial charge < -0.3 is 11.1 Å². The molecule has 3 N–H and O–H groups in total. The molecule has 0 radical (unpaired) electrons. The molecule has 18 heavy (non-hydrogen) atoms. The molecule has 0 aromatic heterocycles. The maximum atomic E-state index is 6.18. The SMILES string of the molecule is CC1(C)CCC(NC2(CN)CCN3CCCC32)C1. The molecule has 104 valence electrons. The van der Waals surface area contributed by atoms with E-state index in [2.05, 4.69) is 24.1 Å². The van der Waals surface area contributed by atoms with Crippen LogP contribution in [0.2, 0.25) is 0 Å². The monoisotopic (exact) mass is 251 g/mol.